The molecule has 8 heteroatoms. The number of fused-ring (bicyclic) bond motifs is 1. The number of rotatable bonds is 7. The molecule has 2 atom stereocenters. The highest BCUT2D eigenvalue weighted by atomic mass is 16.5. The molecule has 3 rings (SSSR count). The van der Waals surface area contributed by atoms with Gasteiger partial charge < -0.3 is 14.8 Å². The Bertz CT molecular complexity index is 1000. The Balaban J connectivity index is 1.73. The average Bonchev–Trinajstić information content (AvgIpc) is 3.02. The second-order valence-corrected chi connectivity index (χ2v) is 6.72. The van der Waals surface area contributed by atoms with Gasteiger partial charge in [0, 0.05) is 0 Å². The molecule has 0 aliphatic carbocycles. The highest BCUT2D eigenvalue weighted by Gasteiger charge is 2.41. The van der Waals surface area contributed by atoms with E-state index in [1.165, 1.54) is 20.1 Å². The zero-order valence-electron chi connectivity index (χ0n) is 16.9. The van der Waals surface area contributed by atoms with Gasteiger partial charge in [0.15, 0.2) is 6.10 Å². The van der Waals surface area contributed by atoms with Gasteiger partial charge in [-0.25, -0.2) is 4.79 Å². The van der Waals surface area contributed by atoms with Gasteiger partial charge in [0.1, 0.15) is 11.8 Å². The molecule has 1 aliphatic heterocycles. The number of carbonyl (C=O) groups is 4. The van der Waals surface area contributed by atoms with Gasteiger partial charge in [-0.05, 0) is 37.6 Å². The monoisotopic (exact) mass is 410 g/mol. The summed E-state index contributed by atoms with van der Waals surface area (Å²) in [6, 6.07) is 12.2. The van der Waals surface area contributed by atoms with Crippen LogP contribution in [0.1, 0.15) is 30.6 Å². The van der Waals surface area contributed by atoms with Crippen molar-refractivity contribution in [2.24, 2.45) is 0 Å². The molecule has 1 aliphatic rings. The molecule has 8 nitrogen and oxygen atoms in total. The summed E-state index contributed by atoms with van der Waals surface area (Å²) < 4.78 is 10.6. The lowest BCUT2D eigenvalue weighted by Gasteiger charge is -2.25. The maximum absolute atomic E-state index is 12.7. The zero-order valence-corrected chi connectivity index (χ0v) is 16.9. The van der Waals surface area contributed by atoms with Gasteiger partial charge in [0.05, 0.1) is 24.0 Å². The maximum Gasteiger partial charge on any atom is 0.329 e. The van der Waals surface area contributed by atoms with Crippen LogP contribution in [0.3, 0.4) is 0 Å². The van der Waals surface area contributed by atoms with Crippen LogP contribution in [-0.4, -0.2) is 42.8 Å². The number of Topliss-reactive ketones (excluding diaryl/α,β-unsaturated/α-hetero) is 1. The third-order valence-corrected chi connectivity index (χ3v) is 4.84. The van der Waals surface area contributed by atoms with Gasteiger partial charge in [-0.2, -0.15) is 0 Å². The molecule has 0 spiro atoms. The van der Waals surface area contributed by atoms with E-state index in [2.05, 4.69) is 5.32 Å². The molecule has 1 heterocycles. The Morgan fingerprint density at radius 1 is 1.07 bits per heavy atom. The fourth-order valence-electron chi connectivity index (χ4n) is 3.22. The van der Waals surface area contributed by atoms with Gasteiger partial charge in [-0.15, -0.1) is 0 Å². The van der Waals surface area contributed by atoms with Crippen molar-refractivity contribution < 1.29 is 28.7 Å². The highest BCUT2D eigenvalue weighted by molar-refractivity contribution is 6.52. The van der Waals surface area contributed by atoms with Crippen LogP contribution < -0.4 is 15.0 Å². The quantitative estimate of drug-likeness (QED) is 0.556. The number of methoxy groups -OCH3 is 1. The van der Waals surface area contributed by atoms with E-state index in [0.717, 1.165) is 4.90 Å². The van der Waals surface area contributed by atoms with E-state index in [1.807, 2.05) is 0 Å². The molecule has 2 aromatic rings. The molecule has 30 heavy (non-hydrogen) atoms. The van der Waals surface area contributed by atoms with Crippen molar-refractivity contribution in [2.75, 3.05) is 17.3 Å². The summed E-state index contributed by atoms with van der Waals surface area (Å²) in [5, 5.41) is 2.68. The van der Waals surface area contributed by atoms with Crippen LogP contribution >= 0.6 is 0 Å². The number of hydrogen-bond acceptors (Lipinski definition) is 6. The fraction of sp³-hybridized carbons (Fsp3) is 0.273. The molecule has 0 saturated carbocycles. The summed E-state index contributed by atoms with van der Waals surface area (Å²) in [7, 11) is 1.48. The van der Waals surface area contributed by atoms with Crippen LogP contribution in [0.5, 0.6) is 5.75 Å². The first kappa shape index (κ1) is 21.0. The van der Waals surface area contributed by atoms with Crippen molar-refractivity contribution in [1.29, 1.82) is 0 Å². The van der Waals surface area contributed by atoms with Crippen molar-refractivity contribution in [2.45, 2.75) is 32.4 Å². The number of carbonyl (C=O) groups excluding carboxylic acids is 4. The SMILES string of the molecule is CC[C@@H](OC(=O)[C@@H](C)N1C(=O)C(=O)c2ccccc21)C(=O)Nc1ccccc1OC. The van der Waals surface area contributed by atoms with E-state index in [0.29, 0.717) is 17.1 Å². The molecule has 1 N–H and O–H groups in total. The van der Waals surface area contributed by atoms with Gasteiger partial charge in [-0.1, -0.05) is 31.2 Å². The molecule has 2 aromatic carbocycles. The van der Waals surface area contributed by atoms with Crippen molar-refractivity contribution in [1.82, 2.24) is 0 Å². The highest BCUT2D eigenvalue weighted by Crippen LogP contribution is 2.31. The molecular formula is C22H22N2O6. The number of nitrogens with zero attached hydrogens (tertiary/aromatic N) is 1. The van der Waals surface area contributed by atoms with E-state index in [-0.39, 0.29) is 12.0 Å². The first-order valence-corrected chi connectivity index (χ1v) is 9.50. The number of nitrogens with one attached hydrogen (secondary N) is 1. The Morgan fingerprint density at radius 2 is 1.73 bits per heavy atom. The van der Waals surface area contributed by atoms with Gasteiger partial charge in [-0.3, -0.25) is 19.3 Å². The van der Waals surface area contributed by atoms with Crippen molar-refractivity contribution in [3.63, 3.8) is 0 Å². The van der Waals surface area contributed by atoms with E-state index < -0.39 is 35.7 Å². The normalized spacial score (nSPS) is 14.7. The summed E-state index contributed by atoms with van der Waals surface area (Å²) in [5.74, 6) is -2.31. The molecule has 2 amide bonds. The number of hydrogen-bond donors (Lipinski definition) is 1. The van der Waals surface area contributed by atoms with Crippen LogP contribution in [0.15, 0.2) is 48.5 Å². The number of anilines is 2. The zero-order chi connectivity index (χ0) is 21.8. The van der Waals surface area contributed by atoms with Crippen molar-refractivity contribution in [3.05, 3.63) is 54.1 Å². The smallest absolute Gasteiger partial charge is 0.329 e. The minimum Gasteiger partial charge on any atom is -0.495 e. The molecule has 0 radical (unpaired) electrons. The summed E-state index contributed by atoms with van der Waals surface area (Å²) in [6.07, 6.45) is -0.850. The van der Waals surface area contributed by atoms with Crippen molar-refractivity contribution in [3.8, 4) is 5.75 Å². The molecule has 0 unspecified atom stereocenters. The molecule has 0 bridgehead atoms. The second kappa shape index (κ2) is 8.77. The second-order valence-electron chi connectivity index (χ2n) is 6.72. The van der Waals surface area contributed by atoms with Gasteiger partial charge in [0.2, 0.25) is 0 Å². The Kier molecular flexibility index (Phi) is 6.15. The van der Waals surface area contributed by atoms with Crippen LogP contribution in [0.2, 0.25) is 0 Å². The molecule has 0 fully saturated rings. The minimum absolute atomic E-state index is 0.225. The third-order valence-electron chi connectivity index (χ3n) is 4.84. The first-order chi connectivity index (χ1) is 14.4. The summed E-state index contributed by atoms with van der Waals surface area (Å²) >= 11 is 0. The molecule has 0 saturated heterocycles. The Hall–Kier alpha value is -3.68. The van der Waals surface area contributed by atoms with E-state index in [9.17, 15) is 19.2 Å². The third kappa shape index (κ3) is 3.89. The van der Waals surface area contributed by atoms with Crippen LogP contribution in [0.4, 0.5) is 11.4 Å². The maximum atomic E-state index is 12.7. The van der Waals surface area contributed by atoms with Gasteiger partial charge >= 0.3 is 5.97 Å². The number of ether oxygens (including phenoxy) is 2. The summed E-state index contributed by atoms with van der Waals surface area (Å²) in [4.78, 5) is 51.0. The van der Waals surface area contributed by atoms with Gasteiger partial charge in [0.25, 0.3) is 17.6 Å². The Morgan fingerprint density at radius 3 is 2.43 bits per heavy atom. The predicted octanol–water partition coefficient (Wildman–Crippen LogP) is 2.57. The van der Waals surface area contributed by atoms with E-state index >= 15 is 0 Å². The lowest BCUT2D eigenvalue weighted by molar-refractivity contribution is -0.155. The first-order valence-electron chi connectivity index (χ1n) is 9.50. The van der Waals surface area contributed by atoms with Crippen molar-refractivity contribution >= 4 is 34.9 Å². The Labute approximate surface area is 173 Å². The number of amides is 2. The van der Waals surface area contributed by atoms with E-state index in [4.69, 9.17) is 9.47 Å². The number of benzene rings is 2. The number of para-hydroxylation sites is 3. The largest absolute Gasteiger partial charge is 0.495 e. The van der Waals surface area contributed by atoms with Crippen LogP contribution in [0, 0.1) is 0 Å². The molecule has 0 aromatic heterocycles. The standard InChI is InChI=1S/C22H22N2O6/c1-4-17(20(26)23-15-10-6-8-12-18(15)29-3)30-22(28)13(2)24-16-11-7-5-9-14(16)19(25)21(24)27/h5-13,17H,4H2,1-3H3,(H,23,26)/t13-,17-/m1/s1. The molecular weight excluding hydrogens is 388 g/mol. The molecule has 156 valence electrons. The van der Waals surface area contributed by atoms with Crippen LogP contribution in [0.25, 0.3) is 0 Å². The minimum atomic E-state index is -1.08. The number of esters is 1. The average molecular weight is 410 g/mol. The van der Waals surface area contributed by atoms with E-state index in [1.54, 1.807) is 49.4 Å². The topological polar surface area (TPSA) is 102 Å². The fourth-order valence-corrected chi connectivity index (χ4v) is 3.22. The lowest BCUT2D eigenvalue weighted by Crippen LogP contribution is -2.45. The van der Waals surface area contributed by atoms with Crippen LogP contribution in [-0.2, 0) is 19.1 Å². The lowest BCUT2D eigenvalue weighted by atomic mass is 10.1. The summed E-state index contributed by atoms with van der Waals surface area (Å²) in [6.45, 7) is 3.16. The summed E-state index contributed by atoms with van der Waals surface area (Å²) in [5.41, 5.74) is 1.04. The number of ketones is 1. The predicted molar refractivity (Wildman–Crippen MR) is 110 cm³/mol.